The molecule has 0 spiro atoms. The first-order valence-electron chi connectivity index (χ1n) is 4.78. The van der Waals surface area contributed by atoms with E-state index in [-0.39, 0.29) is 5.91 Å². The molecule has 1 N–H and O–H groups in total. The number of nitrogens with zero attached hydrogens (tertiary/aromatic N) is 1. The van der Waals surface area contributed by atoms with Crippen molar-refractivity contribution in [2.24, 2.45) is 0 Å². The van der Waals surface area contributed by atoms with E-state index in [9.17, 15) is 4.79 Å². The van der Waals surface area contributed by atoms with Crippen LogP contribution in [-0.2, 0) is 0 Å². The molecule has 0 aliphatic heterocycles. The molecule has 1 aromatic heterocycles. The Morgan fingerprint density at radius 3 is 2.79 bits per heavy atom. The minimum absolute atomic E-state index is 0.0285. The number of aromatic nitrogens is 1. The van der Waals surface area contributed by atoms with Gasteiger partial charge in [0.1, 0.15) is 0 Å². The van der Waals surface area contributed by atoms with Gasteiger partial charge < -0.3 is 0 Å². The predicted molar refractivity (Wildman–Crippen MR) is 59.7 cm³/mol. The number of amides is 1. The van der Waals surface area contributed by atoms with Crippen LogP contribution in [0.25, 0.3) is 0 Å². The summed E-state index contributed by atoms with van der Waals surface area (Å²) >= 11 is -2.26. The Balaban J connectivity index is 2.69. The molecule has 1 amide bonds. The Kier molecular flexibility index (Phi) is 3.92. The molecule has 1 heterocycles. The van der Waals surface area contributed by atoms with Gasteiger partial charge in [0.2, 0.25) is 0 Å². The zero-order valence-electron chi connectivity index (χ0n) is 8.87. The molecule has 0 aromatic carbocycles. The summed E-state index contributed by atoms with van der Waals surface area (Å²) in [4.78, 5) is 20.1. The van der Waals surface area contributed by atoms with Crippen LogP contribution >= 0.6 is 0 Å². The first kappa shape index (κ1) is 11.5. The zero-order chi connectivity index (χ0) is 10.6. The maximum absolute atomic E-state index is 11.7. The van der Waals surface area contributed by atoms with Crippen LogP contribution in [0.2, 0.25) is 14.3 Å². The minimum atomic E-state index is -2.26. The van der Waals surface area contributed by atoms with Gasteiger partial charge in [-0.05, 0) is 0 Å². The van der Waals surface area contributed by atoms with Gasteiger partial charge in [0.25, 0.3) is 0 Å². The summed E-state index contributed by atoms with van der Waals surface area (Å²) < 4.78 is 4.27. The van der Waals surface area contributed by atoms with Crippen molar-refractivity contribution in [1.82, 2.24) is 8.52 Å². The Morgan fingerprint density at radius 1 is 1.57 bits per heavy atom. The molecule has 1 rings (SSSR count). The first-order valence-corrected chi connectivity index (χ1v) is 13.9. The molecule has 0 atom stereocenters. The summed E-state index contributed by atoms with van der Waals surface area (Å²) in [6.45, 7) is 2.14. The molecule has 0 aliphatic carbocycles. The second-order valence-electron chi connectivity index (χ2n) is 3.93. The van der Waals surface area contributed by atoms with E-state index in [0.717, 1.165) is 4.44 Å². The zero-order valence-corrected chi connectivity index (χ0v) is 11.7. The van der Waals surface area contributed by atoms with E-state index >= 15 is 0 Å². The summed E-state index contributed by atoms with van der Waals surface area (Å²) in [5.74, 6) is 0.0285. The first-order chi connectivity index (χ1) is 6.55. The molecule has 0 unspecified atom stereocenters. The van der Waals surface area contributed by atoms with E-state index in [2.05, 4.69) is 25.3 Å². The summed E-state index contributed by atoms with van der Waals surface area (Å²) in [6, 6.07) is 3.57. The number of rotatable bonds is 3. The van der Waals surface area contributed by atoms with Crippen LogP contribution in [0.4, 0.5) is 0 Å². The number of hydrogen-bond acceptors (Lipinski definition) is 2. The van der Waals surface area contributed by atoms with Crippen LogP contribution in [0.1, 0.15) is 17.3 Å². The van der Waals surface area contributed by atoms with Crippen molar-refractivity contribution in [2.45, 2.75) is 21.2 Å². The summed E-state index contributed by atoms with van der Waals surface area (Å²) in [5, 5.41) is 0. The van der Waals surface area contributed by atoms with Gasteiger partial charge in [0.15, 0.2) is 0 Å². The Bertz CT molecular complexity index is 311. The van der Waals surface area contributed by atoms with E-state index < -0.39 is 18.7 Å². The fourth-order valence-electron chi connectivity index (χ4n) is 0.965. The summed E-state index contributed by atoms with van der Waals surface area (Å²) in [7, 11) is 0. The molecule has 0 bridgehead atoms. The van der Waals surface area contributed by atoms with E-state index in [4.69, 9.17) is 0 Å². The molecule has 76 valence electrons. The van der Waals surface area contributed by atoms with Gasteiger partial charge in [-0.3, -0.25) is 0 Å². The number of hydrogen-bond donors (Lipinski definition) is 1. The molecule has 0 radical (unpaired) electrons. The fourth-order valence-corrected chi connectivity index (χ4v) is 3.64. The van der Waals surface area contributed by atoms with Crippen LogP contribution in [-0.4, -0.2) is 29.5 Å². The molecular formula is C10H16N2OSn. The van der Waals surface area contributed by atoms with Crippen LogP contribution in [0, 0.1) is 0 Å². The van der Waals surface area contributed by atoms with Gasteiger partial charge in [-0.1, -0.05) is 0 Å². The maximum atomic E-state index is 11.7. The molecule has 0 saturated carbocycles. The summed E-state index contributed by atoms with van der Waals surface area (Å²) in [6.07, 6.45) is 3.28. The van der Waals surface area contributed by atoms with E-state index in [1.165, 1.54) is 0 Å². The van der Waals surface area contributed by atoms with Gasteiger partial charge in [0.05, 0.1) is 0 Å². The molecule has 1 aromatic rings. The number of pyridine rings is 1. The SMILES string of the molecule is C[CH2][Sn]([CH3])([CH3])[NH]C(=O)c1cccnc1. The second kappa shape index (κ2) is 4.77. The van der Waals surface area contributed by atoms with Crippen LogP contribution < -0.4 is 3.54 Å². The molecule has 0 saturated heterocycles. The van der Waals surface area contributed by atoms with Crippen LogP contribution in [0.3, 0.4) is 0 Å². The molecule has 4 heteroatoms. The third-order valence-electron chi connectivity index (χ3n) is 2.26. The van der Waals surface area contributed by atoms with Crippen molar-refractivity contribution in [3.8, 4) is 0 Å². The third kappa shape index (κ3) is 3.29. The van der Waals surface area contributed by atoms with Crippen molar-refractivity contribution >= 4 is 24.6 Å². The van der Waals surface area contributed by atoms with Crippen molar-refractivity contribution in [3.63, 3.8) is 0 Å². The number of carbonyl (C=O) groups is 1. The molecule has 0 aliphatic rings. The number of carbonyl (C=O) groups excluding carboxylic acids is 1. The number of nitrogens with one attached hydrogen (secondary N) is 1. The standard InChI is InChI=1S/C6H6N2O.C2H5.2CH3.Sn/c7-6(9)5-2-1-3-8-4-5;1-2;;;/h1-4H,(H2,7,9);1H2,2H3;2*1H3;/q;;;;+1/p-1. The average Bonchev–Trinajstić information content (AvgIpc) is 2.19. The molecule has 14 heavy (non-hydrogen) atoms. The average molecular weight is 299 g/mol. The Hall–Kier alpha value is -0.581. The van der Waals surface area contributed by atoms with Crippen molar-refractivity contribution < 1.29 is 4.79 Å². The predicted octanol–water partition coefficient (Wildman–Crippen LogP) is 2.04. The van der Waals surface area contributed by atoms with Crippen LogP contribution in [0.15, 0.2) is 24.5 Å². The second-order valence-corrected chi connectivity index (χ2v) is 17.4. The van der Waals surface area contributed by atoms with Gasteiger partial charge >= 0.3 is 89.2 Å². The molecular weight excluding hydrogens is 283 g/mol. The van der Waals surface area contributed by atoms with Crippen molar-refractivity contribution in [2.75, 3.05) is 0 Å². The van der Waals surface area contributed by atoms with Crippen molar-refractivity contribution in [3.05, 3.63) is 30.1 Å². The fraction of sp³-hybridized carbons (Fsp3) is 0.400. The molecule has 0 fully saturated rings. The van der Waals surface area contributed by atoms with Gasteiger partial charge in [-0.15, -0.1) is 0 Å². The van der Waals surface area contributed by atoms with E-state index in [1.807, 2.05) is 0 Å². The third-order valence-corrected chi connectivity index (χ3v) is 9.88. The Labute approximate surface area is 89.2 Å². The van der Waals surface area contributed by atoms with Gasteiger partial charge in [-0.2, -0.15) is 0 Å². The quantitative estimate of drug-likeness (QED) is 0.868. The molecule has 3 nitrogen and oxygen atoms in total. The van der Waals surface area contributed by atoms with Crippen LogP contribution in [0.5, 0.6) is 0 Å². The van der Waals surface area contributed by atoms with Crippen molar-refractivity contribution in [1.29, 1.82) is 0 Å². The van der Waals surface area contributed by atoms with Gasteiger partial charge in [-0.25, -0.2) is 0 Å². The van der Waals surface area contributed by atoms with E-state index in [0.29, 0.717) is 5.56 Å². The van der Waals surface area contributed by atoms with E-state index in [1.54, 1.807) is 24.5 Å². The topological polar surface area (TPSA) is 42.0 Å². The summed E-state index contributed by atoms with van der Waals surface area (Å²) in [5.41, 5.74) is 0.658. The monoisotopic (exact) mass is 300 g/mol. The Morgan fingerprint density at radius 2 is 2.29 bits per heavy atom. The normalized spacial score (nSPS) is 11.1. The van der Waals surface area contributed by atoms with Gasteiger partial charge in [0, 0.05) is 0 Å².